The second-order valence-electron chi connectivity index (χ2n) is 0.676. The molecule has 0 bridgehead atoms. The van der Waals surface area contributed by atoms with Crippen molar-refractivity contribution < 1.29 is 19.8 Å². The van der Waals surface area contributed by atoms with Crippen LogP contribution in [0.3, 0.4) is 0 Å². The van der Waals surface area contributed by atoms with E-state index in [4.69, 9.17) is 19.8 Å². The molecule has 0 aromatic heterocycles. The number of carbonyl (C=O) groups is 2. The van der Waals surface area contributed by atoms with Crippen LogP contribution in [0.2, 0.25) is 0 Å². The maximum Gasteiger partial charge on any atom is 0.402 e. The lowest BCUT2D eigenvalue weighted by Crippen LogP contribution is -2.03. The summed E-state index contributed by atoms with van der Waals surface area (Å²) in [5.41, 5.74) is 8.06. The fourth-order valence-electron chi connectivity index (χ4n) is 0. The van der Waals surface area contributed by atoms with Crippen molar-refractivity contribution in [2.45, 2.75) is 0 Å². The van der Waals surface area contributed by atoms with Gasteiger partial charge in [-0.25, -0.2) is 9.59 Å². The number of amides is 2. The molecule has 0 rings (SSSR count). The van der Waals surface area contributed by atoms with Gasteiger partial charge in [0.2, 0.25) is 0 Å². The van der Waals surface area contributed by atoms with Gasteiger partial charge in [-0.2, -0.15) is 0 Å². The first kappa shape index (κ1) is 15.7. The van der Waals surface area contributed by atoms with Crippen molar-refractivity contribution in [3.8, 4) is 0 Å². The molecular formula is C2H7ClN2O4. The smallest absolute Gasteiger partial charge is 0.402 e. The molecule has 0 radical (unpaired) electrons. The fourth-order valence-corrected chi connectivity index (χ4v) is 0. The zero-order valence-corrected chi connectivity index (χ0v) is 5.09. The lowest BCUT2D eigenvalue weighted by atomic mass is 11.3. The van der Waals surface area contributed by atoms with Crippen LogP contribution in [0, 0.1) is 0 Å². The van der Waals surface area contributed by atoms with Crippen molar-refractivity contribution >= 4 is 24.6 Å². The van der Waals surface area contributed by atoms with E-state index in [1.807, 2.05) is 0 Å². The lowest BCUT2D eigenvalue weighted by Gasteiger charge is -1.61. The number of carboxylic acid groups (broad SMARTS) is 2. The highest BCUT2D eigenvalue weighted by Gasteiger charge is 1.65. The Morgan fingerprint density at radius 1 is 1.00 bits per heavy atom. The predicted molar refractivity (Wildman–Crippen MR) is 31.7 cm³/mol. The molecule has 9 heavy (non-hydrogen) atoms. The zero-order valence-electron chi connectivity index (χ0n) is 4.27. The molecule has 0 aromatic carbocycles. The average Bonchev–Trinajstić information content (AvgIpc) is 1.25. The van der Waals surface area contributed by atoms with Crippen LogP contribution in [0.4, 0.5) is 9.59 Å². The van der Waals surface area contributed by atoms with E-state index >= 15 is 0 Å². The third kappa shape index (κ3) is 116. The minimum Gasteiger partial charge on any atom is -0.465 e. The SMILES string of the molecule is Cl.NC(=O)O.NC(=O)O. The van der Waals surface area contributed by atoms with Crippen LogP contribution in [-0.4, -0.2) is 22.4 Å². The summed E-state index contributed by atoms with van der Waals surface area (Å²) in [5, 5.41) is 14.4. The highest BCUT2D eigenvalue weighted by Crippen LogP contribution is 1.35. The van der Waals surface area contributed by atoms with Crippen LogP contribution in [0.5, 0.6) is 0 Å². The molecule has 0 aliphatic rings. The minimum atomic E-state index is -1.33. The third-order valence-electron chi connectivity index (χ3n) is 0. The van der Waals surface area contributed by atoms with E-state index in [2.05, 4.69) is 11.5 Å². The minimum absolute atomic E-state index is 0. The quantitative estimate of drug-likeness (QED) is 0.385. The molecule has 0 heterocycles. The van der Waals surface area contributed by atoms with E-state index in [-0.39, 0.29) is 12.4 Å². The largest absolute Gasteiger partial charge is 0.465 e. The molecule has 0 spiro atoms. The molecule has 6 N–H and O–H groups in total. The molecule has 0 aliphatic heterocycles. The molecule has 0 saturated carbocycles. The molecule has 6 nitrogen and oxygen atoms in total. The van der Waals surface area contributed by atoms with Gasteiger partial charge < -0.3 is 21.7 Å². The van der Waals surface area contributed by atoms with Crippen molar-refractivity contribution in [3.63, 3.8) is 0 Å². The van der Waals surface area contributed by atoms with Gasteiger partial charge in [-0.15, -0.1) is 12.4 Å². The summed E-state index contributed by atoms with van der Waals surface area (Å²) in [6.07, 6.45) is -2.67. The molecular weight excluding hydrogens is 151 g/mol. The molecule has 2 amide bonds. The average molecular weight is 159 g/mol. The Morgan fingerprint density at radius 3 is 1.00 bits per heavy atom. The summed E-state index contributed by atoms with van der Waals surface area (Å²) >= 11 is 0. The summed E-state index contributed by atoms with van der Waals surface area (Å²) in [4.78, 5) is 17.6. The molecule has 0 atom stereocenters. The molecule has 0 saturated heterocycles. The Labute approximate surface area is 56.9 Å². The monoisotopic (exact) mass is 158 g/mol. The van der Waals surface area contributed by atoms with Gasteiger partial charge in [0.05, 0.1) is 0 Å². The Morgan fingerprint density at radius 2 is 1.00 bits per heavy atom. The summed E-state index contributed by atoms with van der Waals surface area (Å²) in [5.74, 6) is 0. The first-order chi connectivity index (χ1) is 3.46. The number of halogens is 1. The first-order valence-corrected chi connectivity index (χ1v) is 1.43. The van der Waals surface area contributed by atoms with Gasteiger partial charge in [-0.1, -0.05) is 0 Å². The van der Waals surface area contributed by atoms with Gasteiger partial charge in [0.1, 0.15) is 0 Å². The summed E-state index contributed by atoms with van der Waals surface area (Å²) in [6, 6.07) is 0. The summed E-state index contributed by atoms with van der Waals surface area (Å²) in [7, 11) is 0. The Balaban J connectivity index is -0.0000000720. The van der Waals surface area contributed by atoms with Gasteiger partial charge in [0.25, 0.3) is 0 Å². The van der Waals surface area contributed by atoms with Crippen molar-refractivity contribution in [2.24, 2.45) is 11.5 Å². The Bertz CT molecular complexity index is 74.6. The molecule has 7 heteroatoms. The van der Waals surface area contributed by atoms with Crippen LogP contribution in [-0.2, 0) is 0 Å². The third-order valence-corrected chi connectivity index (χ3v) is 0. The van der Waals surface area contributed by atoms with Crippen LogP contribution in [0.1, 0.15) is 0 Å². The number of nitrogens with two attached hydrogens (primary N) is 2. The Kier molecular flexibility index (Phi) is 17.3. The van der Waals surface area contributed by atoms with Gasteiger partial charge in [0, 0.05) is 0 Å². The van der Waals surface area contributed by atoms with Crippen LogP contribution in [0.25, 0.3) is 0 Å². The van der Waals surface area contributed by atoms with Crippen molar-refractivity contribution in [3.05, 3.63) is 0 Å². The van der Waals surface area contributed by atoms with Crippen LogP contribution < -0.4 is 11.5 Å². The Hall–Kier alpha value is -1.17. The normalized spacial score (nSPS) is 5.33. The number of hydrogen-bond donors (Lipinski definition) is 4. The van der Waals surface area contributed by atoms with E-state index in [0.717, 1.165) is 0 Å². The molecule has 0 aromatic rings. The van der Waals surface area contributed by atoms with Crippen molar-refractivity contribution in [1.29, 1.82) is 0 Å². The van der Waals surface area contributed by atoms with E-state index in [1.54, 1.807) is 0 Å². The molecule has 0 fully saturated rings. The van der Waals surface area contributed by atoms with Gasteiger partial charge in [0.15, 0.2) is 0 Å². The van der Waals surface area contributed by atoms with E-state index in [9.17, 15) is 0 Å². The van der Waals surface area contributed by atoms with Gasteiger partial charge in [-0.05, 0) is 0 Å². The standard InChI is InChI=1S/2CH3NO2.ClH/c2*2-1(3)4;/h2*2H2,(H,3,4);1H. The van der Waals surface area contributed by atoms with Crippen molar-refractivity contribution in [2.75, 3.05) is 0 Å². The number of rotatable bonds is 0. The van der Waals surface area contributed by atoms with Crippen LogP contribution >= 0.6 is 12.4 Å². The fraction of sp³-hybridized carbons (Fsp3) is 0. The highest BCUT2D eigenvalue weighted by atomic mass is 35.5. The van der Waals surface area contributed by atoms with E-state index in [1.165, 1.54) is 0 Å². The predicted octanol–water partition coefficient (Wildman–Crippen LogP) is -0.332. The maximum absolute atomic E-state index is 8.78. The highest BCUT2D eigenvalue weighted by molar-refractivity contribution is 5.85. The van der Waals surface area contributed by atoms with E-state index < -0.39 is 12.2 Å². The second-order valence-corrected chi connectivity index (χ2v) is 0.676. The first-order valence-electron chi connectivity index (χ1n) is 1.43. The van der Waals surface area contributed by atoms with Crippen molar-refractivity contribution in [1.82, 2.24) is 0 Å². The second kappa shape index (κ2) is 9.95. The topological polar surface area (TPSA) is 127 Å². The van der Waals surface area contributed by atoms with Crippen LogP contribution in [0.15, 0.2) is 0 Å². The summed E-state index contributed by atoms with van der Waals surface area (Å²) < 4.78 is 0. The molecule has 0 unspecified atom stereocenters. The molecule has 0 aliphatic carbocycles. The molecule has 56 valence electrons. The maximum atomic E-state index is 8.78. The van der Waals surface area contributed by atoms with Gasteiger partial charge in [-0.3, -0.25) is 0 Å². The summed E-state index contributed by atoms with van der Waals surface area (Å²) in [6.45, 7) is 0. The van der Waals surface area contributed by atoms with Gasteiger partial charge >= 0.3 is 12.2 Å². The number of hydrogen-bond acceptors (Lipinski definition) is 2. The van der Waals surface area contributed by atoms with E-state index in [0.29, 0.717) is 0 Å². The number of primary amides is 2. The lowest BCUT2D eigenvalue weighted by molar-refractivity contribution is 0.204. The zero-order chi connectivity index (χ0) is 7.15.